The van der Waals surface area contributed by atoms with Crippen molar-refractivity contribution in [2.75, 3.05) is 6.61 Å². The van der Waals surface area contributed by atoms with Gasteiger partial charge in [-0.1, -0.05) is 13.8 Å². The van der Waals surface area contributed by atoms with Gasteiger partial charge in [-0.3, -0.25) is 0 Å². The Kier molecular flexibility index (Phi) is 3.68. The van der Waals surface area contributed by atoms with Crippen LogP contribution < -0.4 is 0 Å². The normalized spacial score (nSPS) is 12.5. The van der Waals surface area contributed by atoms with E-state index in [1.807, 2.05) is 13.8 Å². The van der Waals surface area contributed by atoms with Crippen LogP contribution in [0.25, 0.3) is 0 Å². The average Bonchev–Trinajstić information content (AvgIpc) is 2.65. The van der Waals surface area contributed by atoms with Crippen LogP contribution in [0.3, 0.4) is 0 Å². The molecule has 0 fully saturated rings. The number of esters is 1. The van der Waals surface area contributed by atoms with Crippen LogP contribution in [-0.2, 0) is 4.74 Å². The fourth-order valence-electron chi connectivity index (χ4n) is 1.14. The first-order valence-corrected chi connectivity index (χ1v) is 4.81. The van der Waals surface area contributed by atoms with Crippen LogP contribution in [0.5, 0.6) is 0 Å². The van der Waals surface area contributed by atoms with Gasteiger partial charge in [0, 0.05) is 5.92 Å². The molecule has 0 saturated carbocycles. The van der Waals surface area contributed by atoms with Crippen molar-refractivity contribution in [3.05, 3.63) is 17.8 Å². The van der Waals surface area contributed by atoms with Crippen LogP contribution in [0.1, 0.15) is 49.4 Å². The third-order valence-electron chi connectivity index (χ3n) is 2.12. The fourth-order valence-corrected chi connectivity index (χ4v) is 1.14. The minimum atomic E-state index is -0.406. The third-order valence-corrected chi connectivity index (χ3v) is 2.12. The van der Waals surface area contributed by atoms with Crippen LogP contribution >= 0.6 is 0 Å². The molecule has 0 bridgehead atoms. The van der Waals surface area contributed by atoms with Gasteiger partial charge in [-0.15, -0.1) is 0 Å². The molecule has 4 heteroatoms. The quantitative estimate of drug-likeness (QED) is 0.695. The van der Waals surface area contributed by atoms with E-state index in [2.05, 4.69) is 4.98 Å². The van der Waals surface area contributed by atoms with Crippen molar-refractivity contribution in [2.24, 2.45) is 0 Å². The van der Waals surface area contributed by atoms with Crippen molar-refractivity contribution < 1.29 is 13.9 Å². The van der Waals surface area contributed by atoms with Crippen LogP contribution in [0.4, 0.5) is 0 Å². The van der Waals surface area contributed by atoms with Gasteiger partial charge in [0.05, 0.1) is 6.61 Å². The SMILES string of the molecule is CCOC(=O)c1ncoc1C(C)CC. The average molecular weight is 197 g/mol. The summed E-state index contributed by atoms with van der Waals surface area (Å²) >= 11 is 0. The molecule has 1 atom stereocenters. The lowest BCUT2D eigenvalue weighted by molar-refractivity contribution is 0.0517. The van der Waals surface area contributed by atoms with Gasteiger partial charge in [-0.05, 0) is 13.3 Å². The van der Waals surface area contributed by atoms with Gasteiger partial charge < -0.3 is 9.15 Å². The summed E-state index contributed by atoms with van der Waals surface area (Å²) in [6, 6.07) is 0. The number of carbonyl (C=O) groups is 1. The maximum Gasteiger partial charge on any atom is 0.360 e. The van der Waals surface area contributed by atoms with Gasteiger partial charge in [0.25, 0.3) is 0 Å². The molecule has 1 aromatic heterocycles. The van der Waals surface area contributed by atoms with E-state index in [1.165, 1.54) is 6.39 Å². The molecule has 0 saturated heterocycles. The molecule has 0 spiro atoms. The summed E-state index contributed by atoms with van der Waals surface area (Å²) < 4.78 is 10.0. The highest BCUT2D eigenvalue weighted by Crippen LogP contribution is 2.22. The van der Waals surface area contributed by atoms with Crippen molar-refractivity contribution in [2.45, 2.75) is 33.1 Å². The van der Waals surface area contributed by atoms with E-state index in [9.17, 15) is 4.79 Å². The van der Waals surface area contributed by atoms with E-state index in [0.717, 1.165) is 6.42 Å². The lowest BCUT2D eigenvalue weighted by atomic mass is 10.0. The van der Waals surface area contributed by atoms with Crippen molar-refractivity contribution in [1.29, 1.82) is 0 Å². The van der Waals surface area contributed by atoms with Gasteiger partial charge >= 0.3 is 5.97 Å². The Balaban J connectivity index is 2.86. The zero-order chi connectivity index (χ0) is 10.6. The Morgan fingerprint density at radius 2 is 2.36 bits per heavy atom. The molecule has 1 heterocycles. The topological polar surface area (TPSA) is 52.3 Å². The largest absolute Gasteiger partial charge is 0.461 e. The number of aromatic nitrogens is 1. The molecule has 0 aromatic carbocycles. The summed E-state index contributed by atoms with van der Waals surface area (Å²) in [5.74, 6) is 0.402. The number of hydrogen-bond donors (Lipinski definition) is 0. The monoisotopic (exact) mass is 197 g/mol. The first-order chi connectivity index (χ1) is 6.70. The summed E-state index contributed by atoms with van der Waals surface area (Å²) in [5, 5.41) is 0. The lowest BCUT2D eigenvalue weighted by Crippen LogP contribution is -2.08. The Labute approximate surface area is 83.3 Å². The standard InChI is InChI=1S/C10H15NO3/c1-4-7(3)9-8(11-6-14-9)10(12)13-5-2/h6-7H,4-5H2,1-3H3. The molecule has 0 N–H and O–H groups in total. The fraction of sp³-hybridized carbons (Fsp3) is 0.600. The number of nitrogens with zero attached hydrogens (tertiary/aromatic N) is 1. The smallest absolute Gasteiger partial charge is 0.360 e. The zero-order valence-corrected chi connectivity index (χ0v) is 8.74. The molecule has 0 aliphatic carbocycles. The number of oxazole rings is 1. The predicted octanol–water partition coefficient (Wildman–Crippen LogP) is 2.36. The van der Waals surface area contributed by atoms with E-state index < -0.39 is 5.97 Å². The summed E-state index contributed by atoms with van der Waals surface area (Å²) in [6.07, 6.45) is 2.19. The lowest BCUT2D eigenvalue weighted by Gasteiger charge is -2.05. The van der Waals surface area contributed by atoms with Crippen molar-refractivity contribution in [3.8, 4) is 0 Å². The summed E-state index contributed by atoms with van der Waals surface area (Å²) in [4.78, 5) is 15.3. The molecule has 0 amide bonds. The molecule has 1 unspecified atom stereocenters. The van der Waals surface area contributed by atoms with Crippen molar-refractivity contribution in [1.82, 2.24) is 4.98 Å². The maximum atomic E-state index is 11.4. The first kappa shape index (κ1) is 10.8. The van der Waals surface area contributed by atoms with Crippen molar-refractivity contribution in [3.63, 3.8) is 0 Å². The van der Waals surface area contributed by atoms with Gasteiger partial charge in [-0.2, -0.15) is 0 Å². The molecule has 14 heavy (non-hydrogen) atoms. The first-order valence-electron chi connectivity index (χ1n) is 4.81. The molecule has 1 rings (SSSR count). The maximum absolute atomic E-state index is 11.4. The molecule has 1 aromatic rings. The minimum absolute atomic E-state index is 0.192. The second-order valence-corrected chi connectivity index (χ2v) is 3.09. The molecule has 0 aliphatic rings. The van der Waals surface area contributed by atoms with Crippen molar-refractivity contribution >= 4 is 5.97 Å². The van der Waals surface area contributed by atoms with Crippen LogP contribution in [0.2, 0.25) is 0 Å². The molecule has 78 valence electrons. The highest BCUT2D eigenvalue weighted by atomic mass is 16.5. The van der Waals surface area contributed by atoms with E-state index >= 15 is 0 Å². The second-order valence-electron chi connectivity index (χ2n) is 3.09. The molecular formula is C10H15NO3. The van der Waals surface area contributed by atoms with Crippen LogP contribution in [-0.4, -0.2) is 17.6 Å². The summed E-state index contributed by atoms with van der Waals surface area (Å²) in [5.41, 5.74) is 0.307. The third kappa shape index (κ3) is 2.13. The number of hydrogen-bond acceptors (Lipinski definition) is 4. The van der Waals surface area contributed by atoms with Gasteiger partial charge in [0.2, 0.25) is 0 Å². The Morgan fingerprint density at radius 1 is 1.64 bits per heavy atom. The highest BCUT2D eigenvalue weighted by Gasteiger charge is 2.21. The zero-order valence-electron chi connectivity index (χ0n) is 8.74. The Hall–Kier alpha value is -1.32. The van der Waals surface area contributed by atoms with E-state index in [4.69, 9.17) is 9.15 Å². The van der Waals surface area contributed by atoms with Crippen LogP contribution in [0.15, 0.2) is 10.8 Å². The molecular weight excluding hydrogens is 182 g/mol. The number of ether oxygens (including phenoxy) is 1. The summed E-state index contributed by atoms with van der Waals surface area (Å²) in [7, 11) is 0. The minimum Gasteiger partial charge on any atom is -0.461 e. The van der Waals surface area contributed by atoms with E-state index in [-0.39, 0.29) is 5.92 Å². The second kappa shape index (κ2) is 4.79. The highest BCUT2D eigenvalue weighted by molar-refractivity contribution is 5.88. The van der Waals surface area contributed by atoms with Gasteiger partial charge in [0.1, 0.15) is 5.76 Å². The molecule has 4 nitrogen and oxygen atoms in total. The number of carbonyl (C=O) groups excluding carboxylic acids is 1. The predicted molar refractivity (Wildman–Crippen MR) is 51.2 cm³/mol. The summed E-state index contributed by atoms with van der Waals surface area (Å²) in [6.45, 7) is 6.14. The van der Waals surface area contributed by atoms with Gasteiger partial charge in [0.15, 0.2) is 12.1 Å². The molecule has 0 radical (unpaired) electrons. The Morgan fingerprint density at radius 3 is 2.93 bits per heavy atom. The Bertz CT molecular complexity index is 306. The number of rotatable bonds is 4. The van der Waals surface area contributed by atoms with Crippen LogP contribution in [0, 0.1) is 0 Å². The van der Waals surface area contributed by atoms with E-state index in [1.54, 1.807) is 6.92 Å². The molecule has 0 aliphatic heterocycles. The van der Waals surface area contributed by atoms with E-state index in [0.29, 0.717) is 18.1 Å². The van der Waals surface area contributed by atoms with Gasteiger partial charge in [-0.25, -0.2) is 9.78 Å².